The number of benzene rings is 1. The number of aliphatic imine (C=N–C) groups is 1. The molecule has 160 valence electrons. The standard InChI is InChI=1S/C20H31N7O.HI/c1-4-21-20(22-11-5-6-13-27-15-24-25-16-27)23-12-10-17-8-7-9-18(14-17)19(28)26(2)3;/h7-9,14-16H,4-6,10-13H2,1-3H3,(H2,21,22,23);1H. The van der Waals surface area contributed by atoms with Gasteiger partial charge in [-0.05, 0) is 43.9 Å². The number of aromatic nitrogens is 3. The summed E-state index contributed by atoms with van der Waals surface area (Å²) in [6, 6.07) is 7.79. The first-order valence-electron chi connectivity index (χ1n) is 9.75. The van der Waals surface area contributed by atoms with Crippen LogP contribution in [0, 0.1) is 0 Å². The first-order valence-corrected chi connectivity index (χ1v) is 9.75. The van der Waals surface area contributed by atoms with Crippen molar-refractivity contribution in [3.05, 3.63) is 48.0 Å². The smallest absolute Gasteiger partial charge is 0.253 e. The molecule has 1 aromatic heterocycles. The molecule has 0 atom stereocenters. The minimum absolute atomic E-state index is 0. The lowest BCUT2D eigenvalue weighted by Gasteiger charge is -2.13. The number of hydrogen-bond donors (Lipinski definition) is 2. The summed E-state index contributed by atoms with van der Waals surface area (Å²) in [5.41, 5.74) is 1.85. The van der Waals surface area contributed by atoms with Crippen LogP contribution in [0.2, 0.25) is 0 Å². The third-order valence-corrected chi connectivity index (χ3v) is 4.19. The average Bonchev–Trinajstić information content (AvgIpc) is 3.20. The van der Waals surface area contributed by atoms with E-state index < -0.39 is 0 Å². The van der Waals surface area contributed by atoms with E-state index in [0.717, 1.165) is 62.5 Å². The SMILES string of the molecule is CCNC(=NCCCCn1cnnc1)NCCc1cccc(C(=O)N(C)C)c1.I. The van der Waals surface area contributed by atoms with Crippen LogP contribution in [0.15, 0.2) is 41.9 Å². The van der Waals surface area contributed by atoms with Crippen LogP contribution < -0.4 is 10.6 Å². The second-order valence-corrected chi connectivity index (χ2v) is 6.74. The van der Waals surface area contributed by atoms with Gasteiger partial charge in [0.25, 0.3) is 5.91 Å². The minimum Gasteiger partial charge on any atom is -0.357 e. The van der Waals surface area contributed by atoms with Crippen molar-refractivity contribution in [1.82, 2.24) is 30.3 Å². The molecular formula is C20H32IN7O. The molecule has 2 N–H and O–H groups in total. The fourth-order valence-corrected chi connectivity index (χ4v) is 2.72. The van der Waals surface area contributed by atoms with Crippen molar-refractivity contribution in [3.8, 4) is 0 Å². The number of aryl methyl sites for hydroxylation is 1. The maximum atomic E-state index is 12.1. The molecule has 29 heavy (non-hydrogen) atoms. The Morgan fingerprint density at radius 2 is 1.93 bits per heavy atom. The quantitative estimate of drug-likeness (QED) is 0.220. The lowest BCUT2D eigenvalue weighted by Crippen LogP contribution is -2.38. The van der Waals surface area contributed by atoms with Crippen molar-refractivity contribution < 1.29 is 4.79 Å². The van der Waals surface area contributed by atoms with Gasteiger partial charge in [-0.25, -0.2) is 0 Å². The molecule has 0 fully saturated rings. The van der Waals surface area contributed by atoms with Crippen LogP contribution >= 0.6 is 24.0 Å². The average molecular weight is 513 g/mol. The molecule has 8 nitrogen and oxygen atoms in total. The van der Waals surface area contributed by atoms with E-state index in [1.807, 2.05) is 28.8 Å². The first-order chi connectivity index (χ1) is 13.6. The van der Waals surface area contributed by atoms with Gasteiger partial charge in [0.1, 0.15) is 12.7 Å². The number of unbranched alkanes of at least 4 members (excludes halogenated alkanes) is 1. The van der Waals surface area contributed by atoms with Gasteiger partial charge in [0, 0.05) is 45.8 Å². The van der Waals surface area contributed by atoms with E-state index in [0.29, 0.717) is 0 Å². The molecule has 0 saturated heterocycles. The normalized spacial score (nSPS) is 10.9. The van der Waals surface area contributed by atoms with Crippen molar-refractivity contribution in [2.24, 2.45) is 4.99 Å². The van der Waals surface area contributed by atoms with Crippen molar-refractivity contribution >= 4 is 35.8 Å². The molecule has 1 amide bonds. The number of halogens is 1. The first kappa shape index (κ1) is 24.9. The Morgan fingerprint density at radius 1 is 1.17 bits per heavy atom. The monoisotopic (exact) mass is 513 g/mol. The minimum atomic E-state index is 0. The largest absolute Gasteiger partial charge is 0.357 e. The molecule has 9 heteroatoms. The number of nitrogens with one attached hydrogen (secondary N) is 2. The Labute approximate surface area is 190 Å². The molecule has 0 aliphatic heterocycles. The van der Waals surface area contributed by atoms with Gasteiger partial charge in [-0.3, -0.25) is 9.79 Å². The van der Waals surface area contributed by atoms with Gasteiger partial charge in [0.2, 0.25) is 0 Å². The molecule has 0 aliphatic rings. The number of amides is 1. The van der Waals surface area contributed by atoms with Crippen molar-refractivity contribution in [2.75, 3.05) is 33.7 Å². The van der Waals surface area contributed by atoms with Crippen LogP contribution in [0.25, 0.3) is 0 Å². The molecular weight excluding hydrogens is 481 g/mol. The molecule has 1 aromatic carbocycles. The zero-order chi connectivity index (χ0) is 20.2. The summed E-state index contributed by atoms with van der Waals surface area (Å²) in [5.74, 6) is 0.850. The summed E-state index contributed by atoms with van der Waals surface area (Å²) >= 11 is 0. The maximum absolute atomic E-state index is 12.1. The molecule has 2 aromatic rings. The number of carbonyl (C=O) groups is 1. The predicted molar refractivity (Wildman–Crippen MR) is 127 cm³/mol. The summed E-state index contributed by atoms with van der Waals surface area (Å²) in [6.07, 6.45) is 6.33. The van der Waals surface area contributed by atoms with Crippen LogP contribution in [0.3, 0.4) is 0 Å². The maximum Gasteiger partial charge on any atom is 0.253 e. The predicted octanol–water partition coefficient (Wildman–Crippen LogP) is 2.18. The van der Waals surface area contributed by atoms with Crippen LogP contribution in [0.1, 0.15) is 35.7 Å². The fraction of sp³-hybridized carbons (Fsp3) is 0.500. The second kappa shape index (κ2) is 13.9. The molecule has 0 radical (unpaired) electrons. The van der Waals surface area contributed by atoms with Crippen LogP contribution in [-0.4, -0.2) is 65.3 Å². The Balaban J connectivity index is 0.00000420. The lowest BCUT2D eigenvalue weighted by atomic mass is 10.1. The lowest BCUT2D eigenvalue weighted by molar-refractivity contribution is 0.0827. The number of hydrogen-bond acceptors (Lipinski definition) is 4. The van der Waals surface area contributed by atoms with E-state index >= 15 is 0 Å². The number of guanidine groups is 1. The highest BCUT2D eigenvalue weighted by molar-refractivity contribution is 14.0. The van der Waals surface area contributed by atoms with E-state index in [1.165, 1.54) is 0 Å². The van der Waals surface area contributed by atoms with Gasteiger partial charge < -0.3 is 20.1 Å². The zero-order valence-corrected chi connectivity index (χ0v) is 19.8. The summed E-state index contributed by atoms with van der Waals surface area (Å²) in [5, 5.41) is 14.2. The Hall–Kier alpha value is -2.17. The Bertz CT molecular complexity index is 747. The zero-order valence-electron chi connectivity index (χ0n) is 17.5. The number of carbonyl (C=O) groups excluding carboxylic acids is 1. The van der Waals surface area contributed by atoms with Gasteiger partial charge in [-0.1, -0.05) is 12.1 Å². The van der Waals surface area contributed by atoms with E-state index in [2.05, 4.69) is 32.7 Å². The van der Waals surface area contributed by atoms with Crippen LogP contribution in [-0.2, 0) is 13.0 Å². The fourth-order valence-electron chi connectivity index (χ4n) is 2.72. The van der Waals surface area contributed by atoms with Gasteiger partial charge in [-0.2, -0.15) is 0 Å². The third kappa shape index (κ3) is 9.25. The van der Waals surface area contributed by atoms with E-state index in [-0.39, 0.29) is 29.9 Å². The molecule has 2 rings (SSSR count). The van der Waals surface area contributed by atoms with Gasteiger partial charge >= 0.3 is 0 Å². The summed E-state index contributed by atoms with van der Waals surface area (Å²) in [4.78, 5) is 18.3. The number of nitrogens with zero attached hydrogens (tertiary/aromatic N) is 5. The highest BCUT2D eigenvalue weighted by Gasteiger charge is 2.08. The van der Waals surface area contributed by atoms with E-state index in [1.54, 1.807) is 31.6 Å². The van der Waals surface area contributed by atoms with Crippen molar-refractivity contribution in [3.63, 3.8) is 0 Å². The van der Waals surface area contributed by atoms with Crippen LogP contribution in [0.5, 0.6) is 0 Å². The number of rotatable bonds is 10. The van der Waals surface area contributed by atoms with Crippen molar-refractivity contribution in [1.29, 1.82) is 0 Å². The summed E-state index contributed by atoms with van der Waals surface area (Å²) in [7, 11) is 3.53. The molecule has 1 heterocycles. The Morgan fingerprint density at radius 3 is 2.62 bits per heavy atom. The molecule has 0 spiro atoms. The second-order valence-electron chi connectivity index (χ2n) is 6.74. The third-order valence-electron chi connectivity index (χ3n) is 4.19. The highest BCUT2D eigenvalue weighted by atomic mass is 127. The van der Waals surface area contributed by atoms with Gasteiger partial charge in [0.15, 0.2) is 5.96 Å². The van der Waals surface area contributed by atoms with Crippen molar-refractivity contribution in [2.45, 2.75) is 32.7 Å². The van der Waals surface area contributed by atoms with Gasteiger partial charge in [-0.15, -0.1) is 34.2 Å². The Kier molecular flexibility index (Phi) is 11.9. The van der Waals surface area contributed by atoms with Crippen LogP contribution in [0.4, 0.5) is 0 Å². The highest BCUT2D eigenvalue weighted by Crippen LogP contribution is 2.07. The molecule has 0 bridgehead atoms. The molecule has 0 aliphatic carbocycles. The van der Waals surface area contributed by atoms with E-state index in [9.17, 15) is 4.79 Å². The molecule has 0 saturated carbocycles. The topological polar surface area (TPSA) is 87.4 Å². The summed E-state index contributed by atoms with van der Waals surface area (Å²) < 4.78 is 1.97. The molecule has 0 unspecified atom stereocenters. The van der Waals surface area contributed by atoms with E-state index in [4.69, 9.17) is 0 Å². The summed E-state index contributed by atoms with van der Waals surface area (Å²) in [6.45, 7) is 5.31. The van der Waals surface area contributed by atoms with Gasteiger partial charge in [0.05, 0.1) is 0 Å².